The number of carbonyl (C=O) groups is 2. The number of amides is 2. The number of alkyl halides is 4. The molecular weight excluding hydrogens is 580 g/mol. The second-order valence-electron chi connectivity index (χ2n) is 12.7. The molecule has 6 rings (SSSR count). The van der Waals surface area contributed by atoms with Crippen LogP contribution < -0.4 is 10.6 Å². The van der Waals surface area contributed by atoms with Crippen LogP contribution >= 0.6 is 0 Å². The minimum atomic E-state index is -2.81. The fraction of sp³-hybridized carbons (Fsp3) is 0.667. The van der Waals surface area contributed by atoms with Gasteiger partial charge in [0.15, 0.2) is 5.65 Å². The molecule has 3 saturated carbocycles. The first-order chi connectivity index (χ1) is 21.0. The van der Waals surface area contributed by atoms with Crippen LogP contribution in [0.2, 0.25) is 0 Å². The summed E-state index contributed by atoms with van der Waals surface area (Å²) in [6, 6.07) is 0.952. The largest absolute Gasteiger partial charge is 0.349 e. The minimum Gasteiger partial charge on any atom is -0.349 e. The highest BCUT2D eigenvalue weighted by Crippen LogP contribution is 2.45. The van der Waals surface area contributed by atoms with Crippen LogP contribution in [-0.2, 0) is 11.3 Å². The first-order valence-electron chi connectivity index (χ1n) is 15.6. The summed E-state index contributed by atoms with van der Waals surface area (Å²) in [6.45, 7) is 1.81. The van der Waals surface area contributed by atoms with Crippen LogP contribution in [0.3, 0.4) is 0 Å². The molecule has 3 aromatic heterocycles. The van der Waals surface area contributed by atoms with E-state index in [-0.39, 0.29) is 62.2 Å². The average Bonchev–Trinajstić information content (AvgIpc) is 3.60. The zero-order chi connectivity index (χ0) is 31.1. The van der Waals surface area contributed by atoms with Crippen molar-refractivity contribution >= 4 is 17.5 Å². The summed E-state index contributed by atoms with van der Waals surface area (Å²) in [5, 5.41) is 18.3. The number of nitrogens with one attached hydrogen (secondary N) is 2. The van der Waals surface area contributed by atoms with E-state index < -0.39 is 29.7 Å². The first-order valence-corrected chi connectivity index (χ1v) is 15.6. The van der Waals surface area contributed by atoms with E-state index in [0.717, 1.165) is 31.2 Å². The van der Waals surface area contributed by atoms with Crippen molar-refractivity contribution in [1.29, 1.82) is 0 Å². The highest BCUT2D eigenvalue weighted by atomic mass is 19.3. The van der Waals surface area contributed by atoms with Gasteiger partial charge < -0.3 is 10.6 Å². The summed E-state index contributed by atoms with van der Waals surface area (Å²) in [6.07, 6.45) is 8.76. The molecule has 0 aromatic carbocycles. The average molecular weight is 619 g/mol. The van der Waals surface area contributed by atoms with Crippen molar-refractivity contribution in [2.45, 2.75) is 108 Å². The van der Waals surface area contributed by atoms with Crippen molar-refractivity contribution in [2.24, 2.45) is 17.8 Å². The molecule has 3 aliphatic rings. The zero-order valence-electron chi connectivity index (χ0n) is 24.7. The zero-order valence-corrected chi connectivity index (χ0v) is 24.7. The van der Waals surface area contributed by atoms with E-state index in [1.807, 2.05) is 13.0 Å². The van der Waals surface area contributed by atoms with Gasteiger partial charge in [-0.05, 0) is 62.0 Å². The molecular formula is C30H38F4N8O2. The van der Waals surface area contributed by atoms with Crippen LogP contribution in [-0.4, -0.2) is 53.3 Å². The lowest BCUT2D eigenvalue weighted by molar-refractivity contribution is -0.138. The maximum Gasteiger partial charge on any atom is 0.271 e. The van der Waals surface area contributed by atoms with Crippen LogP contribution in [0.5, 0.6) is 0 Å². The maximum absolute atomic E-state index is 14.1. The van der Waals surface area contributed by atoms with E-state index >= 15 is 0 Å². The molecule has 3 aliphatic carbocycles. The van der Waals surface area contributed by atoms with Crippen LogP contribution in [0.25, 0.3) is 5.65 Å². The van der Waals surface area contributed by atoms with Crippen molar-refractivity contribution in [3.05, 3.63) is 41.6 Å². The van der Waals surface area contributed by atoms with Gasteiger partial charge in [0.2, 0.25) is 11.8 Å². The summed E-state index contributed by atoms with van der Waals surface area (Å²) in [4.78, 5) is 30.8. The molecule has 0 saturated heterocycles. The Morgan fingerprint density at radius 3 is 2.39 bits per heavy atom. The standard InChI is InChI=1S/C30H38F4N8O2/c1-2-4-25(43)38-26(18-5-3-6-18)20-13-24-37-22(17-42(24)36-14-20)27(19-7-10-29(31,32)11-8-19)39-28(44)23-15-35-40-41(23)16-21-9-12-30(21,33)34/h13-15,17-19,21,26-27H,2-12,16H2,1H3,(H,38,43)(H,39,44)/t21?,26-,27+/m1/s1. The number of halogens is 4. The van der Waals surface area contributed by atoms with Gasteiger partial charge in [-0.3, -0.25) is 9.59 Å². The van der Waals surface area contributed by atoms with E-state index in [4.69, 9.17) is 4.98 Å². The van der Waals surface area contributed by atoms with Crippen molar-refractivity contribution in [2.75, 3.05) is 0 Å². The molecule has 44 heavy (non-hydrogen) atoms. The monoisotopic (exact) mass is 618 g/mol. The Morgan fingerprint density at radius 1 is 1.00 bits per heavy atom. The van der Waals surface area contributed by atoms with Gasteiger partial charge in [0.25, 0.3) is 11.8 Å². The number of carbonyl (C=O) groups excluding carboxylic acids is 2. The minimum absolute atomic E-state index is 0.0139. The number of rotatable bonds is 11. The molecule has 238 valence electrons. The third-order valence-corrected chi connectivity index (χ3v) is 9.64. The molecule has 14 heteroatoms. The predicted octanol–water partition coefficient (Wildman–Crippen LogP) is 5.42. The lowest BCUT2D eigenvalue weighted by Crippen LogP contribution is -2.42. The molecule has 0 radical (unpaired) electrons. The number of hydrogen-bond acceptors (Lipinski definition) is 6. The summed E-state index contributed by atoms with van der Waals surface area (Å²) in [7, 11) is 0. The van der Waals surface area contributed by atoms with Gasteiger partial charge in [-0.15, -0.1) is 5.10 Å². The summed E-state index contributed by atoms with van der Waals surface area (Å²) >= 11 is 0. The Bertz CT molecular complexity index is 1490. The highest BCUT2D eigenvalue weighted by Gasteiger charge is 2.48. The molecule has 10 nitrogen and oxygen atoms in total. The van der Waals surface area contributed by atoms with Gasteiger partial charge in [-0.1, -0.05) is 18.6 Å². The molecule has 0 aliphatic heterocycles. The van der Waals surface area contributed by atoms with Gasteiger partial charge in [0.1, 0.15) is 5.69 Å². The lowest BCUT2D eigenvalue weighted by atomic mass is 9.77. The van der Waals surface area contributed by atoms with E-state index in [1.165, 1.54) is 10.9 Å². The van der Waals surface area contributed by atoms with Crippen molar-refractivity contribution in [3.8, 4) is 0 Å². The third kappa shape index (κ3) is 6.30. The number of fused-ring (bicyclic) bond motifs is 1. The Hall–Kier alpha value is -3.58. The fourth-order valence-electron chi connectivity index (χ4n) is 6.56. The Labute approximate surface area is 252 Å². The van der Waals surface area contributed by atoms with Crippen LogP contribution in [0.1, 0.15) is 111 Å². The van der Waals surface area contributed by atoms with Gasteiger partial charge in [0, 0.05) is 31.6 Å². The SMILES string of the molecule is CCCC(=O)N[C@@H](c1cnn2cc([C@@H](NC(=O)c3cnnn3CC3CCC3(F)F)C3CCC(F)(F)CC3)nc2c1)C1CCC1. The van der Waals surface area contributed by atoms with Crippen molar-refractivity contribution in [1.82, 2.24) is 40.2 Å². The van der Waals surface area contributed by atoms with E-state index in [2.05, 4.69) is 26.0 Å². The second-order valence-corrected chi connectivity index (χ2v) is 12.7. The Balaban J connectivity index is 1.27. The smallest absolute Gasteiger partial charge is 0.271 e. The molecule has 3 aromatic rings. The van der Waals surface area contributed by atoms with Crippen LogP contribution in [0, 0.1) is 17.8 Å². The van der Waals surface area contributed by atoms with Gasteiger partial charge in [-0.25, -0.2) is 31.7 Å². The van der Waals surface area contributed by atoms with Crippen molar-refractivity contribution < 1.29 is 27.2 Å². The van der Waals surface area contributed by atoms with Crippen molar-refractivity contribution in [3.63, 3.8) is 0 Å². The number of imidazole rings is 1. The normalized spacial score (nSPS) is 23.0. The third-order valence-electron chi connectivity index (χ3n) is 9.64. The van der Waals surface area contributed by atoms with Gasteiger partial charge >= 0.3 is 0 Å². The van der Waals surface area contributed by atoms with E-state index in [1.54, 1.807) is 16.9 Å². The summed E-state index contributed by atoms with van der Waals surface area (Å²) in [5.74, 6) is -7.14. The van der Waals surface area contributed by atoms with E-state index in [9.17, 15) is 27.2 Å². The molecule has 2 N–H and O–H groups in total. The number of aromatic nitrogens is 6. The maximum atomic E-state index is 14.1. The molecule has 2 amide bonds. The highest BCUT2D eigenvalue weighted by molar-refractivity contribution is 5.92. The lowest BCUT2D eigenvalue weighted by Gasteiger charge is -2.36. The fourth-order valence-corrected chi connectivity index (χ4v) is 6.56. The second kappa shape index (κ2) is 12.1. The summed E-state index contributed by atoms with van der Waals surface area (Å²) in [5.41, 5.74) is 1.82. The predicted molar refractivity (Wildman–Crippen MR) is 151 cm³/mol. The molecule has 0 spiro atoms. The van der Waals surface area contributed by atoms with Crippen LogP contribution in [0.4, 0.5) is 17.6 Å². The molecule has 3 heterocycles. The molecule has 3 atom stereocenters. The number of nitrogens with zero attached hydrogens (tertiary/aromatic N) is 6. The molecule has 0 bridgehead atoms. The topological polar surface area (TPSA) is 119 Å². The Kier molecular flexibility index (Phi) is 8.35. The summed E-state index contributed by atoms with van der Waals surface area (Å²) < 4.78 is 58.9. The van der Waals surface area contributed by atoms with Gasteiger partial charge in [0.05, 0.1) is 42.9 Å². The van der Waals surface area contributed by atoms with E-state index in [0.29, 0.717) is 30.1 Å². The molecule has 1 unspecified atom stereocenters. The first kappa shape index (κ1) is 30.4. The van der Waals surface area contributed by atoms with Gasteiger partial charge in [-0.2, -0.15) is 5.10 Å². The Morgan fingerprint density at radius 2 is 1.75 bits per heavy atom. The number of hydrogen-bond donors (Lipinski definition) is 2. The molecule has 3 fully saturated rings. The van der Waals surface area contributed by atoms with Crippen LogP contribution in [0.15, 0.2) is 24.7 Å². The quantitative estimate of drug-likeness (QED) is 0.277.